The van der Waals surface area contributed by atoms with Crippen molar-refractivity contribution in [1.29, 1.82) is 0 Å². The second-order valence-corrected chi connectivity index (χ2v) is 7.44. The van der Waals surface area contributed by atoms with Gasteiger partial charge in [0.2, 0.25) is 0 Å². The summed E-state index contributed by atoms with van der Waals surface area (Å²) >= 11 is 0. The molecule has 0 aliphatic rings. The number of fused-ring (bicyclic) bond motifs is 1. The van der Waals surface area contributed by atoms with Crippen LogP contribution in [0.2, 0.25) is 0 Å². The summed E-state index contributed by atoms with van der Waals surface area (Å²) < 4.78 is 23.3. The van der Waals surface area contributed by atoms with Crippen LogP contribution in [0.4, 0.5) is 0 Å². The number of rotatable bonds is 7. The third-order valence-electron chi connectivity index (χ3n) is 5.31. The molecule has 0 fully saturated rings. The summed E-state index contributed by atoms with van der Waals surface area (Å²) in [5.41, 5.74) is 1.24. The maximum Gasteiger partial charge on any atom is 0.308 e. The highest BCUT2D eigenvalue weighted by Crippen LogP contribution is 2.34. The van der Waals surface area contributed by atoms with Crippen molar-refractivity contribution < 1.29 is 23.7 Å². The Morgan fingerprint density at radius 2 is 1.46 bits per heavy atom. The highest BCUT2D eigenvalue weighted by molar-refractivity contribution is 5.82. The van der Waals surface area contributed by atoms with Crippen LogP contribution in [0, 0.1) is 0 Å². The smallest absolute Gasteiger partial charge is 0.308 e. The molecule has 0 unspecified atom stereocenters. The summed E-state index contributed by atoms with van der Waals surface area (Å²) in [6.45, 7) is 1.32. The Kier molecular flexibility index (Phi) is 6.82. The van der Waals surface area contributed by atoms with Crippen LogP contribution < -0.4 is 24.5 Å². The zero-order valence-corrected chi connectivity index (χ0v) is 19.8. The van der Waals surface area contributed by atoms with Gasteiger partial charge >= 0.3 is 5.97 Å². The molecule has 35 heavy (non-hydrogen) atoms. The van der Waals surface area contributed by atoms with E-state index in [-0.39, 0.29) is 11.3 Å². The maximum atomic E-state index is 13.7. The average molecular weight is 472 g/mol. The molecule has 0 amide bonds. The molecule has 1 heterocycles. The molecule has 8 heteroatoms. The van der Waals surface area contributed by atoms with E-state index >= 15 is 0 Å². The highest BCUT2D eigenvalue weighted by atomic mass is 16.6. The number of para-hydroxylation sites is 3. The Morgan fingerprint density at radius 3 is 2.11 bits per heavy atom. The van der Waals surface area contributed by atoms with Crippen LogP contribution >= 0.6 is 0 Å². The van der Waals surface area contributed by atoms with E-state index in [4.69, 9.17) is 23.9 Å². The fourth-order valence-electron chi connectivity index (χ4n) is 3.77. The SMILES string of the molecule is COc1cccc(/C=C/c2nc3ccccc3c(=O)n2-c2c(OC)cccc2OC)c1OC(C)=O. The van der Waals surface area contributed by atoms with Crippen molar-refractivity contribution in [3.63, 3.8) is 0 Å². The second-order valence-electron chi connectivity index (χ2n) is 7.44. The monoisotopic (exact) mass is 472 g/mol. The summed E-state index contributed by atoms with van der Waals surface area (Å²) in [4.78, 5) is 30.1. The minimum absolute atomic E-state index is 0.267. The lowest BCUT2D eigenvalue weighted by Crippen LogP contribution is -2.23. The van der Waals surface area contributed by atoms with Gasteiger partial charge in [-0.2, -0.15) is 0 Å². The Labute approximate surface area is 202 Å². The van der Waals surface area contributed by atoms with Crippen molar-refractivity contribution in [2.24, 2.45) is 0 Å². The molecule has 4 rings (SSSR count). The molecule has 4 aromatic rings. The van der Waals surface area contributed by atoms with E-state index in [0.717, 1.165) is 0 Å². The second kappa shape index (κ2) is 10.1. The van der Waals surface area contributed by atoms with Crippen LogP contribution in [0.1, 0.15) is 18.3 Å². The van der Waals surface area contributed by atoms with Gasteiger partial charge in [-0.1, -0.05) is 30.3 Å². The number of hydrogen-bond acceptors (Lipinski definition) is 7. The average Bonchev–Trinajstić information content (AvgIpc) is 2.87. The third-order valence-corrected chi connectivity index (χ3v) is 5.31. The molecule has 0 bridgehead atoms. The topological polar surface area (TPSA) is 88.9 Å². The molecule has 0 saturated carbocycles. The first-order valence-corrected chi connectivity index (χ1v) is 10.7. The highest BCUT2D eigenvalue weighted by Gasteiger charge is 2.19. The summed E-state index contributed by atoms with van der Waals surface area (Å²) in [7, 11) is 4.54. The van der Waals surface area contributed by atoms with Crippen molar-refractivity contribution in [2.75, 3.05) is 21.3 Å². The van der Waals surface area contributed by atoms with Gasteiger partial charge in [0.15, 0.2) is 11.5 Å². The molecule has 3 aromatic carbocycles. The minimum Gasteiger partial charge on any atom is -0.494 e. The molecule has 8 nitrogen and oxygen atoms in total. The summed E-state index contributed by atoms with van der Waals surface area (Å²) in [6.07, 6.45) is 3.37. The standard InChI is InChI=1S/C27H24N2O6/c1-17(30)35-26-18(9-7-14-23(26)34-4)15-16-24-28-20-11-6-5-10-19(20)27(31)29(24)25-21(32-2)12-8-13-22(25)33-3/h5-16H,1-4H3/b16-15+. The van der Waals surface area contributed by atoms with E-state index < -0.39 is 5.97 Å². The largest absolute Gasteiger partial charge is 0.494 e. The number of ether oxygens (including phenoxy) is 4. The molecular formula is C27H24N2O6. The van der Waals surface area contributed by atoms with Gasteiger partial charge in [-0.25, -0.2) is 4.98 Å². The number of carbonyl (C=O) groups excluding carboxylic acids is 1. The predicted octanol–water partition coefficient (Wildman–Crippen LogP) is 4.51. The van der Waals surface area contributed by atoms with E-state index in [1.807, 2.05) is 6.07 Å². The van der Waals surface area contributed by atoms with Crippen LogP contribution in [0.15, 0.2) is 65.5 Å². The summed E-state index contributed by atoms with van der Waals surface area (Å²) in [5.74, 6) is 1.40. The molecule has 0 saturated heterocycles. The number of hydrogen-bond donors (Lipinski definition) is 0. The molecule has 1 aromatic heterocycles. The Morgan fingerprint density at radius 1 is 0.829 bits per heavy atom. The van der Waals surface area contributed by atoms with Gasteiger partial charge in [-0.3, -0.25) is 14.2 Å². The molecule has 0 radical (unpaired) electrons. The Balaban J connectivity index is 2.00. The number of esters is 1. The number of aromatic nitrogens is 2. The molecular weight excluding hydrogens is 448 g/mol. The number of carbonyl (C=O) groups is 1. The molecule has 0 N–H and O–H groups in total. The van der Waals surface area contributed by atoms with E-state index in [2.05, 4.69) is 0 Å². The normalized spacial score (nSPS) is 11.0. The fraction of sp³-hybridized carbons (Fsp3) is 0.148. The Hall–Kier alpha value is -4.59. The van der Waals surface area contributed by atoms with Gasteiger partial charge in [-0.05, 0) is 42.5 Å². The molecule has 178 valence electrons. The first-order chi connectivity index (χ1) is 17.0. The Bertz CT molecular complexity index is 1470. The van der Waals surface area contributed by atoms with Crippen LogP contribution in [0.3, 0.4) is 0 Å². The van der Waals surface area contributed by atoms with E-state index in [1.165, 1.54) is 32.8 Å². The van der Waals surface area contributed by atoms with Crippen molar-refractivity contribution >= 4 is 29.0 Å². The summed E-state index contributed by atoms with van der Waals surface area (Å²) in [6, 6.07) is 17.6. The van der Waals surface area contributed by atoms with Gasteiger partial charge in [0, 0.05) is 12.5 Å². The van der Waals surface area contributed by atoms with Gasteiger partial charge in [0.25, 0.3) is 5.56 Å². The molecule has 0 aliphatic carbocycles. The zero-order chi connectivity index (χ0) is 24.9. The molecule has 0 atom stereocenters. The maximum absolute atomic E-state index is 13.7. The van der Waals surface area contributed by atoms with Gasteiger partial charge in [0.05, 0.1) is 32.2 Å². The number of methoxy groups -OCH3 is 3. The lowest BCUT2D eigenvalue weighted by molar-refractivity contribution is -0.132. The zero-order valence-electron chi connectivity index (χ0n) is 19.8. The van der Waals surface area contributed by atoms with E-state index in [0.29, 0.717) is 45.2 Å². The predicted molar refractivity (Wildman–Crippen MR) is 134 cm³/mol. The van der Waals surface area contributed by atoms with Gasteiger partial charge in [-0.15, -0.1) is 0 Å². The first kappa shape index (κ1) is 23.6. The molecule has 0 aliphatic heterocycles. The van der Waals surface area contributed by atoms with Crippen LogP contribution in [0.25, 0.3) is 28.7 Å². The van der Waals surface area contributed by atoms with Gasteiger partial charge < -0.3 is 18.9 Å². The van der Waals surface area contributed by atoms with Crippen molar-refractivity contribution in [2.45, 2.75) is 6.92 Å². The van der Waals surface area contributed by atoms with Crippen LogP contribution in [-0.4, -0.2) is 36.8 Å². The van der Waals surface area contributed by atoms with Crippen molar-refractivity contribution in [3.05, 3.63) is 82.4 Å². The van der Waals surface area contributed by atoms with Crippen molar-refractivity contribution in [1.82, 2.24) is 9.55 Å². The number of nitrogens with zero attached hydrogens (tertiary/aromatic N) is 2. The quantitative estimate of drug-likeness (QED) is 0.289. The summed E-state index contributed by atoms with van der Waals surface area (Å²) in [5, 5.41) is 0.444. The van der Waals surface area contributed by atoms with Crippen LogP contribution in [-0.2, 0) is 4.79 Å². The van der Waals surface area contributed by atoms with E-state index in [1.54, 1.807) is 66.7 Å². The molecule has 0 spiro atoms. The lowest BCUT2D eigenvalue weighted by atomic mass is 10.1. The minimum atomic E-state index is -0.483. The first-order valence-electron chi connectivity index (χ1n) is 10.7. The van der Waals surface area contributed by atoms with Crippen LogP contribution in [0.5, 0.6) is 23.0 Å². The third kappa shape index (κ3) is 4.59. The van der Waals surface area contributed by atoms with Crippen molar-refractivity contribution in [3.8, 4) is 28.7 Å². The van der Waals surface area contributed by atoms with Gasteiger partial charge in [0.1, 0.15) is 23.0 Å². The number of benzene rings is 3. The van der Waals surface area contributed by atoms with E-state index in [9.17, 15) is 9.59 Å². The lowest BCUT2D eigenvalue weighted by Gasteiger charge is -2.17. The fourth-order valence-corrected chi connectivity index (χ4v) is 3.77.